The molecule has 0 atom stereocenters. The molecule has 3 aromatic rings. The molecule has 156 valence electrons. The highest BCUT2D eigenvalue weighted by atomic mass is 32.1. The maximum Gasteiger partial charge on any atom is 0.338 e. The number of hydrogen-bond acceptors (Lipinski definition) is 8. The Morgan fingerprint density at radius 1 is 1.20 bits per heavy atom. The van der Waals surface area contributed by atoms with Crippen molar-refractivity contribution in [3.8, 4) is 0 Å². The maximum absolute atomic E-state index is 12.8. The number of anilines is 2. The molecule has 2 aromatic heterocycles. The lowest BCUT2D eigenvalue weighted by atomic mass is 10.2. The van der Waals surface area contributed by atoms with Crippen molar-refractivity contribution in [2.75, 3.05) is 29.9 Å². The maximum atomic E-state index is 12.8. The van der Waals surface area contributed by atoms with E-state index >= 15 is 0 Å². The van der Waals surface area contributed by atoms with Gasteiger partial charge in [-0.05, 0) is 44.0 Å². The summed E-state index contributed by atoms with van der Waals surface area (Å²) >= 11 is 1.32. The summed E-state index contributed by atoms with van der Waals surface area (Å²) in [4.78, 5) is 47.7. The van der Waals surface area contributed by atoms with Crippen molar-refractivity contribution in [1.29, 1.82) is 0 Å². The zero-order valence-electron chi connectivity index (χ0n) is 16.5. The monoisotopic (exact) mass is 427 g/mol. The molecule has 10 heteroatoms. The average Bonchev–Trinajstić information content (AvgIpc) is 3.41. The number of ether oxygens (including phenoxy) is 1. The van der Waals surface area contributed by atoms with Gasteiger partial charge in [-0.2, -0.15) is 4.98 Å². The van der Waals surface area contributed by atoms with Crippen LogP contribution in [0.4, 0.5) is 10.8 Å². The van der Waals surface area contributed by atoms with Gasteiger partial charge in [-0.1, -0.05) is 11.3 Å². The zero-order valence-corrected chi connectivity index (χ0v) is 17.3. The van der Waals surface area contributed by atoms with E-state index in [1.807, 2.05) is 0 Å². The largest absolute Gasteiger partial charge is 0.462 e. The summed E-state index contributed by atoms with van der Waals surface area (Å²) in [6.07, 6.45) is 3.59. The lowest BCUT2D eigenvalue weighted by molar-refractivity contribution is -0.116. The van der Waals surface area contributed by atoms with Gasteiger partial charge in [-0.3, -0.25) is 14.2 Å². The van der Waals surface area contributed by atoms with Crippen molar-refractivity contribution >= 4 is 44.4 Å². The number of carbonyl (C=O) groups is 2. The molecule has 4 rings (SSSR count). The van der Waals surface area contributed by atoms with E-state index in [2.05, 4.69) is 20.2 Å². The Morgan fingerprint density at radius 3 is 2.63 bits per heavy atom. The lowest BCUT2D eigenvalue weighted by Crippen LogP contribution is -2.27. The fourth-order valence-corrected chi connectivity index (χ4v) is 4.27. The quantitative estimate of drug-likeness (QED) is 0.602. The van der Waals surface area contributed by atoms with Crippen LogP contribution in [0.15, 0.2) is 35.4 Å². The molecule has 0 saturated carbocycles. The van der Waals surface area contributed by atoms with Crippen LogP contribution in [0.1, 0.15) is 30.1 Å². The van der Waals surface area contributed by atoms with Crippen LogP contribution in [0.25, 0.3) is 10.3 Å². The first kappa shape index (κ1) is 20.0. The van der Waals surface area contributed by atoms with E-state index in [0.717, 1.165) is 31.1 Å². The number of benzene rings is 1. The van der Waals surface area contributed by atoms with Crippen LogP contribution >= 0.6 is 11.3 Å². The van der Waals surface area contributed by atoms with Gasteiger partial charge in [0.2, 0.25) is 5.91 Å². The third kappa shape index (κ3) is 4.18. The number of carbonyl (C=O) groups excluding carboxylic acids is 2. The van der Waals surface area contributed by atoms with Gasteiger partial charge >= 0.3 is 5.97 Å². The minimum atomic E-state index is -0.417. The Hall–Kier alpha value is -3.27. The smallest absolute Gasteiger partial charge is 0.338 e. The van der Waals surface area contributed by atoms with Gasteiger partial charge in [-0.15, -0.1) is 0 Å². The first-order chi connectivity index (χ1) is 14.5. The summed E-state index contributed by atoms with van der Waals surface area (Å²) in [7, 11) is 0. The molecule has 1 aromatic carbocycles. The molecule has 0 bridgehead atoms. The van der Waals surface area contributed by atoms with E-state index in [1.54, 1.807) is 31.2 Å². The molecule has 3 heterocycles. The topological polar surface area (TPSA) is 106 Å². The number of rotatable bonds is 6. The predicted molar refractivity (Wildman–Crippen MR) is 114 cm³/mol. The Labute approximate surface area is 176 Å². The molecule has 30 heavy (non-hydrogen) atoms. The first-order valence-electron chi connectivity index (χ1n) is 9.73. The van der Waals surface area contributed by atoms with Gasteiger partial charge in [0.15, 0.2) is 10.8 Å². The third-order valence-electron chi connectivity index (χ3n) is 4.74. The molecular formula is C20H21N5O4S. The second kappa shape index (κ2) is 8.62. The Kier molecular flexibility index (Phi) is 5.75. The molecule has 1 N–H and O–H groups in total. The SMILES string of the molecule is CCOC(=O)c1ccc(NC(=O)Cn2cnc3nc(N4CCCC4)sc3c2=O)cc1. The highest BCUT2D eigenvalue weighted by Gasteiger charge is 2.19. The number of amides is 1. The number of aromatic nitrogens is 3. The van der Waals surface area contributed by atoms with Crippen molar-refractivity contribution < 1.29 is 14.3 Å². The molecule has 0 radical (unpaired) electrons. The van der Waals surface area contributed by atoms with Gasteiger partial charge < -0.3 is 15.0 Å². The molecule has 0 unspecified atom stereocenters. The minimum Gasteiger partial charge on any atom is -0.462 e. The fourth-order valence-electron chi connectivity index (χ4n) is 3.25. The molecule has 9 nitrogen and oxygen atoms in total. The van der Waals surface area contributed by atoms with Crippen molar-refractivity contribution in [2.24, 2.45) is 0 Å². The molecule has 1 saturated heterocycles. The Balaban J connectivity index is 1.45. The Morgan fingerprint density at radius 2 is 1.93 bits per heavy atom. The molecule has 1 amide bonds. The highest BCUT2D eigenvalue weighted by molar-refractivity contribution is 7.22. The van der Waals surface area contributed by atoms with Crippen LogP contribution in [-0.4, -0.2) is 46.1 Å². The first-order valence-corrected chi connectivity index (χ1v) is 10.5. The number of fused-ring (bicyclic) bond motifs is 1. The summed E-state index contributed by atoms with van der Waals surface area (Å²) < 4.78 is 6.66. The summed E-state index contributed by atoms with van der Waals surface area (Å²) in [6, 6.07) is 6.37. The van der Waals surface area contributed by atoms with Crippen molar-refractivity contribution in [1.82, 2.24) is 14.5 Å². The molecule has 1 aliphatic rings. The summed E-state index contributed by atoms with van der Waals surface area (Å²) in [6.45, 7) is 3.74. The second-order valence-corrected chi connectivity index (χ2v) is 7.84. The van der Waals surface area contributed by atoms with Crippen molar-refractivity contribution in [3.05, 3.63) is 46.5 Å². The van der Waals surface area contributed by atoms with Gasteiger partial charge in [0.1, 0.15) is 17.6 Å². The molecule has 1 aliphatic heterocycles. The van der Waals surface area contributed by atoms with Crippen molar-refractivity contribution in [2.45, 2.75) is 26.3 Å². The lowest BCUT2D eigenvalue weighted by Gasteiger charge is -2.11. The average molecular weight is 427 g/mol. The van der Waals surface area contributed by atoms with Crippen molar-refractivity contribution in [3.63, 3.8) is 0 Å². The number of thiazole rings is 1. The van der Waals surface area contributed by atoms with E-state index in [9.17, 15) is 14.4 Å². The second-order valence-electron chi connectivity index (χ2n) is 6.87. The van der Waals surface area contributed by atoms with Crippen LogP contribution in [0.2, 0.25) is 0 Å². The zero-order chi connectivity index (χ0) is 21.1. The van der Waals surface area contributed by atoms with Crippen LogP contribution in [0, 0.1) is 0 Å². The third-order valence-corrected chi connectivity index (χ3v) is 5.84. The fraction of sp³-hybridized carbons (Fsp3) is 0.350. The van der Waals surface area contributed by atoms with Crippen LogP contribution in [-0.2, 0) is 16.1 Å². The highest BCUT2D eigenvalue weighted by Crippen LogP contribution is 2.27. The van der Waals surface area contributed by atoms with E-state index in [0.29, 0.717) is 28.2 Å². The van der Waals surface area contributed by atoms with Crippen LogP contribution < -0.4 is 15.8 Å². The van der Waals surface area contributed by atoms with Crippen LogP contribution in [0.3, 0.4) is 0 Å². The molecule has 0 aliphatic carbocycles. The standard InChI is InChI=1S/C20H21N5O4S/c1-2-29-19(28)13-5-7-14(8-6-13)22-15(26)11-25-12-21-17-16(18(25)27)30-20(23-17)24-9-3-4-10-24/h5-8,12H,2-4,9-11H2,1H3,(H,22,26). The minimum absolute atomic E-state index is 0.168. The molecule has 0 spiro atoms. The van der Waals surface area contributed by atoms with Gasteiger partial charge in [0, 0.05) is 18.8 Å². The van der Waals surface area contributed by atoms with E-state index in [1.165, 1.54) is 22.2 Å². The number of hydrogen-bond donors (Lipinski definition) is 1. The summed E-state index contributed by atoms with van der Waals surface area (Å²) in [5.41, 5.74) is 1.05. The normalized spacial score (nSPS) is 13.6. The van der Waals surface area contributed by atoms with E-state index in [-0.39, 0.29) is 18.0 Å². The van der Waals surface area contributed by atoms with Gasteiger partial charge in [0.05, 0.1) is 12.2 Å². The number of nitrogens with one attached hydrogen (secondary N) is 1. The van der Waals surface area contributed by atoms with E-state index < -0.39 is 5.97 Å². The van der Waals surface area contributed by atoms with Gasteiger partial charge in [0.25, 0.3) is 5.56 Å². The number of nitrogens with zero attached hydrogens (tertiary/aromatic N) is 4. The summed E-state index contributed by atoms with van der Waals surface area (Å²) in [5.74, 6) is -0.787. The molecular weight excluding hydrogens is 406 g/mol. The summed E-state index contributed by atoms with van der Waals surface area (Å²) in [5, 5.41) is 3.52. The van der Waals surface area contributed by atoms with Gasteiger partial charge in [-0.25, -0.2) is 9.78 Å². The predicted octanol–water partition coefficient (Wildman–Crippen LogP) is 2.27. The molecule has 1 fully saturated rings. The number of esters is 1. The Bertz CT molecular complexity index is 1130. The van der Waals surface area contributed by atoms with Crippen LogP contribution in [0.5, 0.6) is 0 Å². The van der Waals surface area contributed by atoms with E-state index in [4.69, 9.17) is 4.74 Å².